The number of rotatable bonds is 6. The summed E-state index contributed by atoms with van der Waals surface area (Å²) in [6.07, 6.45) is 0.673. The molecule has 4 rings (SSSR count). The van der Waals surface area contributed by atoms with Crippen LogP contribution in [-0.4, -0.2) is 54.3 Å². The Kier molecular flexibility index (Phi) is 5.79. The molecule has 1 aliphatic rings. The molecule has 1 aromatic heterocycles. The van der Waals surface area contributed by atoms with Crippen molar-refractivity contribution in [3.63, 3.8) is 0 Å². The minimum atomic E-state index is -0.0888. The standard InChI is InChI=1S/C23H24N4O3/c1-26(2)21-12-13-22(25-24-21)30-20-14-15-27(16-20)23(28)17-8-10-19(11-9-17)29-18-6-4-3-5-7-18/h3-13,20H,14-16H2,1-2H3. The summed E-state index contributed by atoms with van der Waals surface area (Å²) in [6, 6.07) is 20.4. The Labute approximate surface area is 175 Å². The van der Waals surface area contributed by atoms with Gasteiger partial charge < -0.3 is 19.3 Å². The van der Waals surface area contributed by atoms with Gasteiger partial charge in [-0.05, 0) is 42.5 Å². The third-order valence-electron chi connectivity index (χ3n) is 4.88. The summed E-state index contributed by atoms with van der Waals surface area (Å²) in [5, 5.41) is 8.22. The number of nitrogens with zero attached hydrogens (tertiary/aromatic N) is 4. The quantitative estimate of drug-likeness (QED) is 0.625. The number of aromatic nitrogens is 2. The molecule has 0 bridgehead atoms. The second-order valence-corrected chi connectivity index (χ2v) is 7.34. The van der Waals surface area contributed by atoms with Crippen LogP contribution in [0.15, 0.2) is 66.7 Å². The molecule has 7 nitrogen and oxygen atoms in total. The molecule has 0 radical (unpaired) electrons. The van der Waals surface area contributed by atoms with E-state index in [1.54, 1.807) is 23.1 Å². The third kappa shape index (κ3) is 4.68. The molecule has 0 saturated carbocycles. The van der Waals surface area contributed by atoms with Crippen LogP contribution in [0.4, 0.5) is 5.82 Å². The maximum atomic E-state index is 12.8. The molecule has 7 heteroatoms. The maximum absolute atomic E-state index is 12.8. The molecular formula is C23H24N4O3. The second kappa shape index (κ2) is 8.82. The number of ether oxygens (including phenoxy) is 2. The van der Waals surface area contributed by atoms with Gasteiger partial charge >= 0.3 is 0 Å². The largest absolute Gasteiger partial charge is 0.471 e. The molecule has 1 amide bonds. The van der Waals surface area contributed by atoms with Gasteiger partial charge in [-0.25, -0.2) is 0 Å². The van der Waals surface area contributed by atoms with Crippen molar-refractivity contribution < 1.29 is 14.3 Å². The first-order valence-corrected chi connectivity index (χ1v) is 9.88. The fourth-order valence-corrected chi connectivity index (χ4v) is 3.27. The van der Waals surface area contributed by atoms with E-state index in [4.69, 9.17) is 9.47 Å². The summed E-state index contributed by atoms with van der Waals surface area (Å²) in [5.41, 5.74) is 0.631. The molecule has 3 aromatic rings. The van der Waals surface area contributed by atoms with E-state index in [0.717, 1.165) is 18.0 Å². The fraction of sp³-hybridized carbons (Fsp3) is 0.261. The molecule has 1 unspecified atom stereocenters. The van der Waals surface area contributed by atoms with Crippen LogP contribution in [-0.2, 0) is 0 Å². The van der Waals surface area contributed by atoms with E-state index < -0.39 is 0 Å². The molecule has 0 aliphatic carbocycles. The van der Waals surface area contributed by atoms with Crippen molar-refractivity contribution in [3.05, 3.63) is 72.3 Å². The fourth-order valence-electron chi connectivity index (χ4n) is 3.27. The smallest absolute Gasteiger partial charge is 0.253 e. The van der Waals surface area contributed by atoms with Gasteiger partial charge in [0.25, 0.3) is 5.91 Å². The Bertz CT molecular complexity index is 976. The molecule has 0 N–H and O–H groups in total. The molecule has 2 heterocycles. The van der Waals surface area contributed by atoms with E-state index in [2.05, 4.69) is 10.2 Å². The number of carbonyl (C=O) groups excluding carboxylic acids is 1. The van der Waals surface area contributed by atoms with Crippen molar-refractivity contribution in [2.75, 3.05) is 32.1 Å². The van der Waals surface area contributed by atoms with Crippen LogP contribution in [0.25, 0.3) is 0 Å². The van der Waals surface area contributed by atoms with E-state index in [1.165, 1.54) is 0 Å². The molecular weight excluding hydrogens is 380 g/mol. The maximum Gasteiger partial charge on any atom is 0.253 e. The normalized spacial score (nSPS) is 15.7. The minimum Gasteiger partial charge on any atom is -0.471 e. The van der Waals surface area contributed by atoms with E-state index in [9.17, 15) is 4.79 Å². The monoisotopic (exact) mass is 404 g/mol. The van der Waals surface area contributed by atoms with Gasteiger partial charge in [-0.15, -0.1) is 10.2 Å². The third-order valence-corrected chi connectivity index (χ3v) is 4.88. The van der Waals surface area contributed by atoms with Crippen LogP contribution in [0.1, 0.15) is 16.8 Å². The van der Waals surface area contributed by atoms with Gasteiger partial charge in [0.05, 0.1) is 6.54 Å². The van der Waals surface area contributed by atoms with Crippen LogP contribution in [0.5, 0.6) is 17.4 Å². The lowest BCUT2D eigenvalue weighted by molar-refractivity contribution is 0.0771. The first-order chi connectivity index (χ1) is 14.6. The topological polar surface area (TPSA) is 67.8 Å². The van der Waals surface area contributed by atoms with Crippen molar-refractivity contribution in [2.45, 2.75) is 12.5 Å². The van der Waals surface area contributed by atoms with Gasteiger partial charge in [0.15, 0.2) is 5.82 Å². The lowest BCUT2D eigenvalue weighted by atomic mass is 10.2. The SMILES string of the molecule is CN(C)c1ccc(OC2CCN(C(=O)c3ccc(Oc4ccccc4)cc3)C2)nn1. The predicted molar refractivity (Wildman–Crippen MR) is 114 cm³/mol. The van der Waals surface area contributed by atoms with Crippen LogP contribution < -0.4 is 14.4 Å². The molecule has 30 heavy (non-hydrogen) atoms. The highest BCUT2D eigenvalue weighted by Crippen LogP contribution is 2.23. The zero-order valence-electron chi connectivity index (χ0n) is 17.1. The predicted octanol–water partition coefficient (Wildman–Crippen LogP) is 3.63. The molecule has 1 aliphatic heterocycles. The zero-order valence-corrected chi connectivity index (χ0v) is 17.1. The Balaban J connectivity index is 1.33. The number of anilines is 1. The highest BCUT2D eigenvalue weighted by atomic mass is 16.5. The van der Waals surface area contributed by atoms with Crippen LogP contribution in [0.3, 0.4) is 0 Å². The minimum absolute atomic E-state index is 0.0126. The van der Waals surface area contributed by atoms with E-state index in [0.29, 0.717) is 30.3 Å². The summed E-state index contributed by atoms with van der Waals surface area (Å²) in [5.74, 6) is 2.69. The summed E-state index contributed by atoms with van der Waals surface area (Å²) < 4.78 is 11.7. The van der Waals surface area contributed by atoms with Crippen molar-refractivity contribution in [1.82, 2.24) is 15.1 Å². The van der Waals surface area contributed by atoms with Gasteiger partial charge in [0.2, 0.25) is 5.88 Å². The number of hydrogen-bond donors (Lipinski definition) is 0. The van der Waals surface area contributed by atoms with Gasteiger partial charge in [-0.1, -0.05) is 18.2 Å². The number of hydrogen-bond acceptors (Lipinski definition) is 6. The van der Waals surface area contributed by atoms with Crippen LogP contribution in [0, 0.1) is 0 Å². The van der Waals surface area contributed by atoms with Crippen molar-refractivity contribution >= 4 is 11.7 Å². The molecule has 0 spiro atoms. The van der Waals surface area contributed by atoms with Gasteiger partial charge in [0, 0.05) is 38.7 Å². The summed E-state index contributed by atoms with van der Waals surface area (Å²) >= 11 is 0. The molecule has 1 fully saturated rings. The lowest BCUT2D eigenvalue weighted by Crippen LogP contribution is -2.31. The van der Waals surface area contributed by atoms with E-state index in [-0.39, 0.29) is 12.0 Å². The Morgan fingerprint density at radius 1 is 0.967 bits per heavy atom. The van der Waals surface area contributed by atoms with E-state index >= 15 is 0 Å². The van der Waals surface area contributed by atoms with Gasteiger partial charge in [-0.2, -0.15) is 0 Å². The Hall–Kier alpha value is -3.61. The number of benzene rings is 2. The first kappa shape index (κ1) is 19.7. The number of likely N-dealkylation sites (tertiary alicyclic amines) is 1. The number of amides is 1. The highest BCUT2D eigenvalue weighted by molar-refractivity contribution is 5.94. The van der Waals surface area contributed by atoms with Crippen LogP contribution in [0.2, 0.25) is 0 Å². The van der Waals surface area contributed by atoms with E-state index in [1.807, 2.05) is 67.5 Å². The summed E-state index contributed by atoms with van der Waals surface area (Å²) in [6.45, 7) is 1.17. The Morgan fingerprint density at radius 2 is 1.70 bits per heavy atom. The second-order valence-electron chi connectivity index (χ2n) is 7.34. The zero-order chi connectivity index (χ0) is 20.9. The van der Waals surface area contributed by atoms with Gasteiger partial charge in [0.1, 0.15) is 17.6 Å². The average molecular weight is 404 g/mol. The first-order valence-electron chi connectivity index (χ1n) is 9.88. The molecule has 2 aromatic carbocycles. The van der Waals surface area contributed by atoms with Crippen LogP contribution >= 0.6 is 0 Å². The van der Waals surface area contributed by atoms with Crippen molar-refractivity contribution in [3.8, 4) is 17.4 Å². The van der Waals surface area contributed by atoms with Crippen molar-refractivity contribution in [2.24, 2.45) is 0 Å². The lowest BCUT2D eigenvalue weighted by Gasteiger charge is -2.17. The van der Waals surface area contributed by atoms with Crippen molar-refractivity contribution in [1.29, 1.82) is 0 Å². The highest BCUT2D eigenvalue weighted by Gasteiger charge is 2.28. The molecule has 1 saturated heterocycles. The Morgan fingerprint density at radius 3 is 2.37 bits per heavy atom. The average Bonchev–Trinajstić information content (AvgIpc) is 3.23. The summed E-state index contributed by atoms with van der Waals surface area (Å²) in [7, 11) is 3.82. The van der Waals surface area contributed by atoms with Gasteiger partial charge in [-0.3, -0.25) is 4.79 Å². The number of carbonyl (C=O) groups is 1. The molecule has 154 valence electrons. The summed E-state index contributed by atoms with van der Waals surface area (Å²) in [4.78, 5) is 16.5. The molecule has 1 atom stereocenters. The number of para-hydroxylation sites is 1.